The molecule has 4 rings (SSSR count). The number of hydrogen-bond donors (Lipinski definition) is 0. The lowest BCUT2D eigenvalue weighted by atomic mass is 9.94. The molecule has 0 radical (unpaired) electrons. The lowest BCUT2D eigenvalue weighted by Crippen LogP contribution is -2.40. The van der Waals surface area contributed by atoms with Crippen molar-refractivity contribution in [1.29, 1.82) is 0 Å². The lowest BCUT2D eigenvalue weighted by Gasteiger charge is -2.32. The van der Waals surface area contributed by atoms with Crippen LogP contribution < -0.4 is 0 Å². The predicted octanol–water partition coefficient (Wildman–Crippen LogP) is 4.99. The van der Waals surface area contributed by atoms with Gasteiger partial charge in [0.1, 0.15) is 0 Å². The Morgan fingerprint density at radius 2 is 1.67 bits per heavy atom. The standard InChI is InChI=1S/C24H32N2O/c1-25(21-11-3-2-4-12-21)24(27)16-17-26(22-14-15-22)18-20-10-7-9-19-8-5-6-13-23(19)20/h5-10,13,21-22H,2-4,11-12,14-18H2,1H3. The highest BCUT2D eigenvalue weighted by Gasteiger charge is 2.30. The first kappa shape index (κ1) is 18.5. The fraction of sp³-hybridized carbons (Fsp3) is 0.542. The second-order valence-electron chi connectivity index (χ2n) is 8.39. The SMILES string of the molecule is CN(C(=O)CCN(Cc1cccc2ccccc12)C1CC1)C1CCCCC1. The molecule has 2 aromatic carbocycles. The molecular weight excluding hydrogens is 332 g/mol. The summed E-state index contributed by atoms with van der Waals surface area (Å²) in [5, 5.41) is 2.65. The molecule has 0 spiro atoms. The van der Waals surface area contributed by atoms with Crippen LogP contribution in [-0.4, -0.2) is 41.4 Å². The molecular formula is C24H32N2O. The van der Waals surface area contributed by atoms with Crippen molar-refractivity contribution in [1.82, 2.24) is 9.80 Å². The Kier molecular flexibility index (Phi) is 5.77. The third-order valence-corrected chi connectivity index (χ3v) is 6.45. The summed E-state index contributed by atoms with van der Waals surface area (Å²) in [6.07, 6.45) is 9.45. The molecule has 2 aliphatic carbocycles. The largest absolute Gasteiger partial charge is 0.343 e. The third-order valence-electron chi connectivity index (χ3n) is 6.45. The van der Waals surface area contributed by atoms with Gasteiger partial charge in [-0.25, -0.2) is 0 Å². The van der Waals surface area contributed by atoms with E-state index in [4.69, 9.17) is 0 Å². The van der Waals surface area contributed by atoms with Gasteiger partial charge in [-0.3, -0.25) is 9.69 Å². The summed E-state index contributed by atoms with van der Waals surface area (Å²) in [5.74, 6) is 0.325. The van der Waals surface area contributed by atoms with E-state index in [2.05, 4.69) is 47.4 Å². The summed E-state index contributed by atoms with van der Waals surface area (Å²) >= 11 is 0. The first-order valence-electron chi connectivity index (χ1n) is 10.7. The number of hydrogen-bond acceptors (Lipinski definition) is 2. The van der Waals surface area contributed by atoms with Gasteiger partial charge in [0.05, 0.1) is 0 Å². The van der Waals surface area contributed by atoms with E-state index < -0.39 is 0 Å². The van der Waals surface area contributed by atoms with Crippen molar-refractivity contribution in [3.05, 3.63) is 48.0 Å². The number of carbonyl (C=O) groups excluding carboxylic acids is 1. The quantitative estimate of drug-likeness (QED) is 0.691. The molecule has 0 aliphatic heterocycles. The Balaban J connectivity index is 1.39. The molecule has 0 unspecified atom stereocenters. The number of fused-ring (bicyclic) bond motifs is 1. The van der Waals surface area contributed by atoms with Gasteiger partial charge in [-0.05, 0) is 42.0 Å². The molecule has 0 aromatic heterocycles. The average molecular weight is 365 g/mol. The Morgan fingerprint density at radius 3 is 2.44 bits per heavy atom. The molecule has 2 fully saturated rings. The van der Waals surface area contributed by atoms with Gasteiger partial charge in [0, 0.05) is 38.6 Å². The van der Waals surface area contributed by atoms with Crippen molar-refractivity contribution in [2.24, 2.45) is 0 Å². The van der Waals surface area contributed by atoms with E-state index in [1.54, 1.807) is 0 Å². The van der Waals surface area contributed by atoms with Gasteiger partial charge < -0.3 is 4.90 Å². The van der Waals surface area contributed by atoms with E-state index in [1.807, 2.05) is 11.9 Å². The highest BCUT2D eigenvalue weighted by molar-refractivity contribution is 5.85. The number of carbonyl (C=O) groups is 1. The fourth-order valence-electron chi connectivity index (χ4n) is 4.57. The van der Waals surface area contributed by atoms with Crippen LogP contribution in [-0.2, 0) is 11.3 Å². The summed E-state index contributed by atoms with van der Waals surface area (Å²) in [5.41, 5.74) is 1.38. The first-order valence-corrected chi connectivity index (χ1v) is 10.7. The normalized spacial score (nSPS) is 18.1. The summed E-state index contributed by atoms with van der Waals surface area (Å²) in [7, 11) is 2.02. The van der Waals surface area contributed by atoms with Crippen molar-refractivity contribution < 1.29 is 4.79 Å². The van der Waals surface area contributed by atoms with E-state index >= 15 is 0 Å². The van der Waals surface area contributed by atoms with Crippen LogP contribution in [0.5, 0.6) is 0 Å². The maximum absolute atomic E-state index is 12.8. The maximum Gasteiger partial charge on any atom is 0.223 e. The summed E-state index contributed by atoms with van der Waals surface area (Å²) in [4.78, 5) is 17.3. The monoisotopic (exact) mass is 364 g/mol. The Hall–Kier alpha value is -1.87. The number of nitrogens with zero attached hydrogens (tertiary/aromatic N) is 2. The van der Waals surface area contributed by atoms with E-state index in [9.17, 15) is 4.79 Å². The Labute approximate surface area is 163 Å². The Morgan fingerprint density at radius 1 is 0.926 bits per heavy atom. The molecule has 2 saturated carbocycles. The molecule has 27 heavy (non-hydrogen) atoms. The second-order valence-corrected chi connectivity index (χ2v) is 8.39. The van der Waals surface area contributed by atoms with Crippen LogP contribution in [0.2, 0.25) is 0 Å². The van der Waals surface area contributed by atoms with E-state index in [0.717, 1.165) is 13.1 Å². The van der Waals surface area contributed by atoms with Gasteiger partial charge in [0.15, 0.2) is 0 Å². The molecule has 0 bridgehead atoms. The van der Waals surface area contributed by atoms with Crippen LogP contribution in [0.25, 0.3) is 10.8 Å². The minimum absolute atomic E-state index is 0.325. The first-order chi connectivity index (χ1) is 13.2. The van der Waals surface area contributed by atoms with Crippen molar-refractivity contribution in [3.63, 3.8) is 0 Å². The van der Waals surface area contributed by atoms with Crippen LogP contribution in [0.1, 0.15) is 56.9 Å². The smallest absolute Gasteiger partial charge is 0.223 e. The lowest BCUT2D eigenvalue weighted by molar-refractivity contribution is -0.133. The van der Waals surface area contributed by atoms with E-state index in [0.29, 0.717) is 24.4 Å². The summed E-state index contributed by atoms with van der Waals surface area (Å²) in [6.45, 7) is 1.83. The second kappa shape index (κ2) is 8.43. The molecule has 2 aromatic rings. The number of amides is 1. The predicted molar refractivity (Wildman–Crippen MR) is 112 cm³/mol. The topological polar surface area (TPSA) is 23.6 Å². The van der Waals surface area contributed by atoms with Gasteiger partial charge in [-0.2, -0.15) is 0 Å². The van der Waals surface area contributed by atoms with Gasteiger partial charge >= 0.3 is 0 Å². The van der Waals surface area contributed by atoms with Crippen molar-refractivity contribution in [3.8, 4) is 0 Å². The third kappa shape index (κ3) is 4.52. The highest BCUT2D eigenvalue weighted by atomic mass is 16.2. The molecule has 0 heterocycles. The minimum Gasteiger partial charge on any atom is -0.343 e. The summed E-state index contributed by atoms with van der Waals surface area (Å²) in [6, 6.07) is 16.3. The van der Waals surface area contributed by atoms with E-state index in [1.165, 1.54) is 61.3 Å². The maximum atomic E-state index is 12.8. The molecule has 0 atom stereocenters. The van der Waals surface area contributed by atoms with Crippen LogP contribution in [0.4, 0.5) is 0 Å². The molecule has 0 N–H and O–H groups in total. The van der Waals surface area contributed by atoms with Gasteiger partial charge in [-0.15, -0.1) is 0 Å². The van der Waals surface area contributed by atoms with E-state index in [-0.39, 0.29) is 0 Å². The van der Waals surface area contributed by atoms with Crippen LogP contribution in [0.3, 0.4) is 0 Å². The molecule has 1 amide bonds. The van der Waals surface area contributed by atoms with Crippen molar-refractivity contribution >= 4 is 16.7 Å². The zero-order chi connectivity index (χ0) is 18.6. The summed E-state index contributed by atoms with van der Waals surface area (Å²) < 4.78 is 0. The number of rotatable bonds is 7. The highest BCUT2D eigenvalue weighted by Crippen LogP contribution is 2.30. The minimum atomic E-state index is 0.325. The van der Waals surface area contributed by atoms with Gasteiger partial charge in [-0.1, -0.05) is 61.7 Å². The molecule has 3 heteroatoms. The molecule has 2 aliphatic rings. The van der Waals surface area contributed by atoms with Gasteiger partial charge in [0.2, 0.25) is 5.91 Å². The Bertz CT molecular complexity index is 772. The average Bonchev–Trinajstić information content (AvgIpc) is 3.56. The van der Waals surface area contributed by atoms with Crippen LogP contribution in [0, 0.1) is 0 Å². The fourth-order valence-corrected chi connectivity index (χ4v) is 4.57. The number of benzene rings is 2. The zero-order valence-electron chi connectivity index (χ0n) is 16.6. The van der Waals surface area contributed by atoms with Crippen LogP contribution in [0.15, 0.2) is 42.5 Å². The van der Waals surface area contributed by atoms with Crippen LogP contribution >= 0.6 is 0 Å². The molecule has 0 saturated heterocycles. The van der Waals surface area contributed by atoms with Crippen molar-refractivity contribution in [2.75, 3.05) is 13.6 Å². The molecule has 3 nitrogen and oxygen atoms in total. The zero-order valence-corrected chi connectivity index (χ0v) is 16.6. The van der Waals surface area contributed by atoms with Crippen molar-refractivity contribution in [2.45, 2.75) is 70.0 Å². The van der Waals surface area contributed by atoms with Gasteiger partial charge in [0.25, 0.3) is 0 Å². The molecule has 144 valence electrons.